The molecule has 1 aliphatic carbocycles. The molecule has 3 rings (SSSR count). The quantitative estimate of drug-likeness (QED) is 0.912. The van der Waals surface area contributed by atoms with E-state index < -0.39 is 0 Å². The van der Waals surface area contributed by atoms with Gasteiger partial charge in [0.15, 0.2) is 0 Å². The van der Waals surface area contributed by atoms with Crippen molar-refractivity contribution in [3.8, 4) is 0 Å². The molecule has 1 aliphatic rings. The second-order valence-electron chi connectivity index (χ2n) is 5.81. The highest BCUT2D eigenvalue weighted by atomic mass is 14.9. The molecule has 1 aromatic carbocycles. The van der Waals surface area contributed by atoms with Gasteiger partial charge in [0, 0.05) is 12.7 Å². The van der Waals surface area contributed by atoms with E-state index in [1.807, 2.05) is 12.3 Å². The van der Waals surface area contributed by atoms with Crippen molar-refractivity contribution in [2.45, 2.75) is 44.6 Å². The molecule has 0 spiro atoms. The molecule has 1 aromatic heterocycles. The van der Waals surface area contributed by atoms with Crippen LogP contribution in [-0.4, -0.2) is 16.5 Å². The van der Waals surface area contributed by atoms with E-state index >= 15 is 0 Å². The summed E-state index contributed by atoms with van der Waals surface area (Å²) in [4.78, 5) is 9.51. The van der Waals surface area contributed by atoms with Gasteiger partial charge in [0.05, 0.1) is 11.1 Å². The monoisotopic (exact) mass is 281 g/mol. The van der Waals surface area contributed by atoms with Crippen LogP contribution >= 0.6 is 0 Å². The second-order valence-corrected chi connectivity index (χ2v) is 5.81. The van der Waals surface area contributed by atoms with Gasteiger partial charge in [-0.1, -0.05) is 50.1 Å². The summed E-state index contributed by atoms with van der Waals surface area (Å²) in [5.41, 5.74) is 2.47. The van der Waals surface area contributed by atoms with Crippen molar-refractivity contribution in [2.24, 2.45) is 0 Å². The normalized spacial score (nSPS) is 17.0. The van der Waals surface area contributed by atoms with Crippen molar-refractivity contribution >= 4 is 0 Å². The van der Waals surface area contributed by atoms with E-state index in [0.717, 1.165) is 37.4 Å². The molecule has 0 radical (unpaired) electrons. The van der Waals surface area contributed by atoms with Crippen LogP contribution in [0.4, 0.5) is 0 Å². The third-order valence-electron chi connectivity index (χ3n) is 4.48. The minimum absolute atomic E-state index is 0.0173. The molecule has 1 saturated carbocycles. The predicted molar refractivity (Wildman–Crippen MR) is 85.1 cm³/mol. The summed E-state index contributed by atoms with van der Waals surface area (Å²) in [6.07, 6.45) is 6.74. The van der Waals surface area contributed by atoms with Gasteiger partial charge in [0.1, 0.15) is 5.82 Å². The van der Waals surface area contributed by atoms with Crippen LogP contribution in [-0.2, 0) is 12.0 Å². The maximum Gasteiger partial charge on any atom is 0.139 e. The van der Waals surface area contributed by atoms with Crippen LogP contribution in [0.1, 0.15) is 49.7 Å². The van der Waals surface area contributed by atoms with Crippen molar-refractivity contribution in [3.05, 3.63) is 59.7 Å². The lowest BCUT2D eigenvalue weighted by Gasteiger charge is -2.28. The van der Waals surface area contributed by atoms with Crippen molar-refractivity contribution in [2.75, 3.05) is 6.54 Å². The molecule has 2 aromatic rings. The SMILES string of the molecule is CCNCc1ccnc(C2(c3ccccc3)CCCC2)n1. The fourth-order valence-electron chi connectivity index (χ4n) is 3.36. The lowest BCUT2D eigenvalue weighted by molar-refractivity contribution is 0.495. The Bertz CT molecular complexity index is 574. The molecule has 21 heavy (non-hydrogen) atoms. The van der Waals surface area contributed by atoms with Crippen LogP contribution in [0, 0.1) is 0 Å². The highest BCUT2D eigenvalue weighted by Gasteiger charge is 2.39. The second kappa shape index (κ2) is 6.35. The smallest absolute Gasteiger partial charge is 0.139 e. The molecule has 1 N–H and O–H groups in total. The molecule has 0 aliphatic heterocycles. The highest BCUT2D eigenvalue weighted by molar-refractivity contribution is 5.34. The molecule has 0 saturated heterocycles. The van der Waals surface area contributed by atoms with Crippen molar-refractivity contribution in [1.82, 2.24) is 15.3 Å². The fraction of sp³-hybridized carbons (Fsp3) is 0.444. The first-order valence-corrected chi connectivity index (χ1v) is 7.94. The summed E-state index contributed by atoms with van der Waals surface area (Å²) in [6, 6.07) is 12.8. The summed E-state index contributed by atoms with van der Waals surface area (Å²) in [5.74, 6) is 1.00. The number of nitrogens with zero attached hydrogens (tertiary/aromatic N) is 2. The molecule has 0 bridgehead atoms. The average molecular weight is 281 g/mol. The standard InChI is InChI=1S/C18H23N3/c1-2-19-14-16-10-13-20-17(21-16)18(11-6-7-12-18)15-8-4-3-5-9-15/h3-5,8-10,13,19H,2,6-7,11-12,14H2,1H3. The van der Waals surface area contributed by atoms with E-state index in [2.05, 4.69) is 47.6 Å². The van der Waals surface area contributed by atoms with Gasteiger partial charge in [-0.05, 0) is 31.0 Å². The topological polar surface area (TPSA) is 37.8 Å². The number of hydrogen-bond acceptors (Lipinski definition) is 3. The molecule has 0 amide bonds. The van der Waals surface area contributed by atoms with Gasteiger partial charge in [-0.2, -0.15) is 0 Å². The van der Waals surface area contributed by atoms with E-state index in [-0.39, 0.29) is 5.41 Å². The lowest BCUT2D eigenvalue weighted by atomic mass is 9.78. The lowest BCUT2D eigenvalue weighted by Crippen LogP contribution is -2.27. The Kier molecular flexibility index (Phi) is 4.30. The first-order valence-electron chi connectivity index (χ1n) is 7.94. The van der Waals surface area contributed by atoms with Gasteiger partial charge in [0.25, 0.3) is 0 Å². The van der Waals surface area contributed by atoms with Crippen molar-refractivity contribution < 1.29 is 0 Å². The zero-order valence-electron chi connectivity index (χ0n) is 12.7. The molecule has 3 nitrogen and oxygen atoms in total. The van der Waals surface area contributed by atoms with E-state index in [4.69, 9.17) is 4.98 Å². The Labute approximate surface area is 126 Å². The van der Waals surface area contributed by atoms with Gasteiger partial charge in [-0.25, -0.2) is 9.97 Å². The van der Waals surface area contributed by atoms with Crippen LogP contribution in [0.25, 0.3) is 0 Å². The van der Waals surface area contributed by atoms with Crippen LogP contribution in [0.3, 0.4) is 0 Å². The van der Waals surface area contributed by atoms with Crippen LogP contribution < -0.4 is 5.32 Å². The minimum atomic E-state index is 0.0173. The third-order valence-corrected chi connectivity index (χ3v) is 4.48. The number of rotatable bonds is 5. The zero-order valence-corrected chi connectivity index (χ0v) is 12.7. The number of nitrogens with one attached hydrogen (secondary N) is 1. The summed E-state index contributed by atoms with van der Waals surface area (Å²) in [5, 5.41) is 3.34. The highest BCUT2D eigenvalue weighted by Crippen LogP contribution is 2.44. The summed E-state index contributed by atoms with van der Waals surface area (Å²) in [6.45, 7) is 3.89. The van der Waals surface area contributed by atoms with Gasteiger partial charge < -0.3 is 5.32 Å². The van der Waals surface area contributed by atoms with Gasteiger partial charge in [-0.3, -0.25) is 0 Å². The Hall–Kier alpha value is -1.74. The fourth-order valence-corrected chi connectivity index (χ4v) is 3.36. The zero-order chi connectivity index (χ0) is 14.5. The van der Waals surface area contributed by atoms with E-state index in [1.54, 1.807) is 0 Å². The Morgan fingerprint density at radius 1 is 1.10 bits per heavy atom. The predicted octanol–water partition coefficient (Wildman–Crippen LogP) is 3.45. The summed E-state index contributed by atoms with van der Waals surface area (Å²) >= 11 is 0. The first-order chi connectivity index (χ1) is 10.3. The summed E-state index contributed by atoms with van der Waals surface area (Å²) < 4.78 is 0. The number of aromatic nitrogens is 2. The minimum Gasteiger partial charge on any atom is -0.311 e. The molecule has 3 heteroatoms. The summed E-state index contributed by atoms with van der Waals surface area (Å²) in [7, 11) is 0. The van der Waals surface area contributed by atoms with Crippen molar-refractivity contribution in [3.63, 3.8) is 0 Å². The number of benzene rings is 1. The molecule has 1 heterocycles. The molecule has 0 atom stereocenters. The third kappa shape index (κ3) is 2.84. The molecule has 1 fully saturated rings. The van der Waals surface area contributed by atoms with Gasteiger partial charge in [-0.15, -0.1) is 0 Å². The van der Waals surface area contributed by atoms with Gasteiger partial charge >= 0.3 is 0 Å². The van der Waals surface area contributed by atoms with Crippen LogP contribution in [0.5, 0.6) is 0 Å². The van der Waals surface area contributed by atoms with E-state index in [0.29, 0.717) is 0 Å². The first kappa shape index (κ1) is 14.2. The van der Waals surface area contributed by atoms with E-state index in [1.165, 1.54) is 18.4 Å². The molecule has 110 valence electrons. The largest absolute Gasteiger partial charge is 0.311 e. The Morgan fingerprint density at radius 3 is 2.57 bits per heavy atom. The number of hydrogen-bond donors (Lipinski definition) is 1. The Balaban J connectivity index is 1.98. The van der Waals surface area contributed by atoms with Crippen LogP contribution in [0.15, 0.2) is 42.6 Å². The Morgan fingerprint density at radius 2 is 1.86 bits per heavy atom. The molecule has 0 unspecified atom stereocenters. The van der Waals surface area contributed by atoms with Crippen LogP contribution in [0.2, 0.25) is 0 Å². The maximum absolute atomic E-state index is 4.87. The van der Waals surface area contributed by atoms with Crippen molar-refractivity contribution in [1.29, 1.82) is 0 Å². The van der Waals surface area contributed by atoms with E-state index in [9.17, 15) is 0 Å². The molecular weight excluding hydrogens is 258 g/mol. The average Bonchev–Trinajstić information content (AvgIpc) is 3.05. The van der Waals surface area contributed by atoms with Gasteiger partial charge in [0.2, 0.25) is 0 Å². The maximum atomic E-state index is 4.87. The molecular formula is C18H23N3.